The fourth-order valence-electron chi connectivity index (χ4n) is 2.69. The van der Waals surface area contributed by atoms with Crippen LogP contribution < -0.4 is 0 Å². The summed E-state index contributed by atoms with van der Waals surface area (Å²) in [5, 5.41) is 4.01. The van der Waals surface area contributed by atoms with Crippen LogP contribution in [0.5, 0.6) is 0 Å². The molecular weight excluding hydrogens is 287 g/mol. The van der Waals surface area contributed by atoms with E-state index in [0.717, 1.165) is 5.56 Å². The highest BCUT2D eigenvalue weighted by Crippen LogP contribution is 2.28. The Kier molecular flexibility index (Phi) is 3.94. The van der Waals surface area contributed by atoms with Crippen LogP contribution in [0.25, 0.3) is 11.3 Å². The van der Waals surface area contributed by atoms with E-state index < -0.39 is 11.6 Å². The quantitative estimate of drug-likeness (QED) is 0.812. The van der Waals surface area contributed by atoms with Crippen molar-refractivity contribution in [2.45, 2.75) is 18.6 Å². The summed E-state index contributed by atoms with van der Waals surface area (Å²) in [4.78, 5) is 13.3. The van der Waals surface area contributed by atoms with E-state index in [4.69, 9.17) is 4.52 Å². The van der Waals surface area contributed by atoms with Crippen LogP contribution in [-0.4, -0.2) is 41.9 Å². The van der Waals surface area contributed by atoms with Gasteiger partial charge in [0, 0.05) is 37.7 Å². The molecule has 1 aromatic carbocycles. The van der Waals surface area contributed by atoms with Gasteiger partial charge in [0.15, 0.2) is 5.76 Å². The molecule has 22 heavy (non-hydrogen) atoms. The van der Waals surface area contributed by atoms with Gasteiger partial charge >= 0.3 is 5.97 Å². The number of carbonyl (C=O) groups is 1. The van der Waals surface area contributed by atoms with Crippen molar-refractivity contribution in [3.63, 3.8) is 0 Å². The van der Waals surface area contributed by atoms with Crippen LogP contribution in [0.4, 0.5) is 4.39 Å². The van der Waals surface area contributed by atoms with E-state index in [1.54, 1.807) is 0 Å². The summed E-state index contributed by atoms with van der Waals surface area (Å²) >= 11 is 0. The Labute approximate surface area is 127 Å². The third-order valence-electron chi connectivity index (χ3n) is 3.85. The molecule has 6 heteroatoms. The molecule has 0 N–H and O–H groups in total. The Morgan fingerprint density at radius 2 is 2.23 bits per heavy atom. The number of benzene rings is 1. The van der Waals surface area contributed by atoms with Crippen molar-refractivity contribution >= 4 is 5.97 Å². The van der Waals surface area contributed by atoms with Gasteiger partial charge < -0.3 is 9.26 Å². The molecule has 0 aliphatic carbocycles. The number of halogens is 1. The number of hydrogen-bond acceptors (Lipinski definition) is 5. The van der Waals surface area contributed by atoms with Gasteiger partial charge in [0.05, 0.1) is 12.8 Å². The lowest BCUT2D eigenvalue weighted by Gasteiger charge is -2.17. The number of nitrogens with zero attached hydrogens (tertiary/aromatic N) is 2. The largest absolute Gasteiger partial charge is 0.467 e. The molecule has 1 aliphatic heterocycles. The summed E-state index contributed by atoms with van der Waals surface area (Å²) in [5.41, 5.74) is -0.258. The molecule has 2 aromatic rings. The van der Waals surface area contributed by atoms with Crippen LogP contribution in [-0.2, 0) is 16.1 Å². The van der Waals surface area contributed by atoms with Crippen LogP contribution in [0.1, 0.15) is 12.1 Å². The Hall–Kier alpha value is -2.21. The molecule has 0 saturated carbocycles. The van der Waals surface area contributed by atoms with E-state index in [0.29, 0.717) is 24.5 Å². The zero-order chi connectivity index (χ0) is 15.6. The number of hydrogen-bond donors (Lipinski definition) is 0. The van der Waals surface area contributed by atoms with Crippen molar-refractivity contribution in [1.29, 1.82) is 0 Å². The van der Waals surface area contributed by atoms with E-state index in [-0.39, 0.29) is 13.0 Å². The summed E-state index contributed by atoms with van der Waals surface area (Å²) in [6.07, 6.45) is 0.142. The fourth-order valence-corrected chi connectivity index (χ4v) is 2.69. The lowest BCUT2D eigenvalue weighted by molar-refractivity contribution is -0.153. The average Bonchev–Trinajstić information content (AvgIpc) is 3.16. The molecule has 0 spiro atoms. The molecule has 2 heterocycles. The van der Waals surface area contributed by atoms with Crippen molar-refractivity contribution in [2.24, 2.45) is 0 Å². The lowest BCUT2D eigenvalue weighted by atomic mass is 10.1. The maximum atomic E-state index is 14.4. The van der Waals surface area contributed by atoms with Crippen LogP contribution in [0.3, 0.4) is 0 Å². The topological polar surface area (TPSA) is 55.6 Å². The van der Waals surface area contributed by atoms with Gasteiger partial charge in [-0.05, 0) is 0 Å². The Morgan fingerprint density at radius 1 is 1.45 bits per heavy atom. The van der Waals surface area contributed by atoms with Gasteiger partial charge in [-0.1, -0.05) is 35.5 Å². The fraction of sp³-hybridized carbons (Fsp3) is 0.375. The van der Waals surface area contributed by atoms with Crippen molar-refractivity contribution < 1.29 is 18.4 Å². The molecule has 0 radical (unpaired) electrons. The van der Waals surface area contributed by atoms with E-state index in [9.17, 15) is 9.18 Å². The number of esters is 1. The number of rotatable bonds is 4. The third kappa shape index (κ3) is 2.87. The van der Waals surface area contributed by atoms with Gasteiger partial charge in [0.1, 0.15) is 0 Å². The minimum Gasteiger partial charge on any atom is -0.467 e. The van der Waals surface area contributed by atoms with Crippen molar-refractivity contribution in [2.75, 3.05) is 20.2 Å². The maximum Gasteiger partial charge on any atom is 0.345 e. The first-order valence-corrected chi connectivity index (χ1v) is 7.11. The predicted molar refractivity (Wildman–Crippen MR) is 77.7 cm³/mol. The van der Waals surface area contributed by atoms with Crippen molar-refractivity contribution in [3.05, 3.63) is 42.1 Å². The average molecular weight is 304 g/mol. The number of methoxy groups -OCH3 is 1. The van der Waals surface area contributed by atoms with Crippen molar-refractivity contribution in [1.82, 2.24) is 10.1 Å². The molecule has 1 atom stereocenters. The Bertz CT molecular complexity index is 658. The second-order valence-corrected chi connectivity index (χ2v) is 5.47. The van der Waals surface area contributed by atoms with Gasteiger partial charge in [-0.3, -0.25) is 4.90 Å². The van der Waals surface area contributed by atoms with Gasteiger partial charge in [-0.25, -0.2) is 9.18 Å². The summed E-state index contributed by atoms with van der Waals surface area (Å²) in [6.45, 7) is 0.950. The van der Waals surface area contributed by atoms with Gasteiger partial charge in [0.2, 0.25) is 5.67 Å². The van der Waals surface area contributed by atoms with Crippen LogP contribution in [0, 0.1) is 0 Å². The van der Waals surface area contributed by atoms with E-state index >= 15 is 0 Å². The molecule has 116 valence electrons. The van der Waals surface area contributed by atoms with E-state index in [1.807, 2.05) is 41.3 Å². The molecule has 3 rings (SSSR count). The first-order chi connectivity index (χ1) is 10.6. The molecule has 1 unspecified atom stereocenters. The van der Waals surface area contributed by atoms with Gasteiger partial charge in [-0.2, -0.15) is 0 Å². The monoisotopic (exact) mass is 304 g/mol. The van der Waals surface area contributed by atoms with Crippen LogP contribution in [0.15, 0.2) is 40.9 Å². The first-order valence-electron chi connectivity index (χ1n) is 7.11. The van der Waals surface area contributed by atoms with E-state index in [1.165, 1.54) is 7.11 Å². The highest BCUT2D eigenvalue weighted by atomic mass is 19.1. The molecule has 1 aliphatic rings. The maximum absolute atomic E-state index is 14.4. The molecule has 1 fully saturated rings. The highest BCUT2D eigenvalue weighted by molar-refractivity contribution is 5.80. The molecule has 0 bridgehead atoms. The second-order valence-electron chi connectivity index (χ2n) is 5.47. The number of alkyl halides is 1. The SMILES string of the molecule is COC(=O)C1(F)CCN(Cc2cc(-c3ccccc3)on2)C1. The summed E-state index contributed by atoms with van der Waals surface area (Å²) in [7, 11) is 1.20. The third-order valence-corrected chi connectivity index (χ3v) is 3.85. The number of carbonyl (C=O) groups excluding carboxylic acids is 1. The minimum absolute atomic E-state index is 0.0210. The van der Waals surface area contributed by atoms with E-state index in [2.05, 4.69) is 9.89 Å². The Morgan fingerprint density at radius 3 is 2.95 bits per heavy atom. The standard InChI is InChI=1S/C16H17FN2O3/c1-21-15(20)16(17)7-8-19(11-16)10-13-9-14(22-18-13)12-5-3-2-4-6-12/h2-6,9H,7-8,10-11H2,1H3. The second kappa shape index (κ2) is 5.88. The molecule has 5 nitrogen and oxygen atoms in total. The highest BCUT2D eigenvalue weighted by Gasteiger charge is 2.46. The zero-order valence-electron chi connectivity index (χ0n) is 12.3. The molecule has 1 aromatic heterocycles. The normalized spacial score (nSPS) is 21.9. The summed E-state index contributed by atoms with van der Waals surface area (Å²) in [6, 6.07) is 11.5. The molecular formula is C16H17FN2O3. The number of ether oxygens (including phenoxy) is 1. The van der Waals surface area contributed by atoms with Crippen LogP contribution >= 0.6 is 0 Å². The number of likely N-dealkylation sites (tertiary alicyclic amines) is 1. The van der Waals surface area contributed by atoms with Gasteiger partial charge in [0.25, 0.3) is 0 Å². The smallest absolute Gasteiger partial charge is 0.345 e. The summed E-state index contributed by atoms with van der Waals surface area (Å²) < 4.78 is 24.2. The predicted octanol–water partition coefficient (Wildman–Crippen LogP) is 2.43. The first kappa shape index (κ1) is 14.7. The van der Waals surface area contributed by atoms with Crippen molar-refractivity contribution in [3.8, 4) is 11.3 Å². The molecule has 0 amide bonds. The minimum atomic E-state index is -1.92. The zero-order valence-corrected chi connectivity index (χ0v) is 12.3. The lowest BCUT2D eigenvalue weighted by Crippen LogP contribution is -2.38. The molecule has 1 saturated heterocycles. The summed E-state index contributed by atoms with van der Waals surface area (Å²) in [5.74, 6) is -0.130. The Balaban J connectivity index is 1.66. The van der Waals surface area contributed by atoms with Crippen LogP contribution in [0.2, 0.25) is 0 Å². The van der Waals surface area contributed by atoms with Gasteiger partial charge in [-0.15, -0.1) is 0 Å². The number of aromatic nitrogens is 1.